The first kappa shape index (κ1) is 18.8. The van der Waals surface area contributed by atoms with E-state index >= 15 is 0 Å². The Morgan fingerprint density at radius 1 is 0.909 bits per heavy atom. The van der Waals surface area contributed by atoms with E-state index < -0.39 is 0 Å². The van der Waals surface area contributed by atoms with Crippen molar-refractivity contribution in [1.29, 1.82) is 0 Å². The molecule has 1 aromatic rings. The first-order chi connectivity index (χ1) is 10.6. The van der Waals surface area contributed by atoms with Crippen LogP contribution in [0.1, 0.15) is 63.5 Å². The smallest absolute Gasteiger partial charge is 0.122 e. The van der Waals surface area contributed by atoms with Gasteiger partial charge >= 0.3 is 0 Å². The minimum Gasteiger partial charge on any atom is -0.496 e. The number of hydrogen-bond donors (Lipinski definition) is 1. The molecule has 1 rings (SSSR count). The predicted molar refractivity (Wildman–Crippen MR) is 94.0 cm³/mol. The van der Waals surface area contributed by atoms with Gasteiger partial charge in [0.15, 0.2) is 0 Å². The molecule has 0 heterocycles. The molecule has 1 unspecified atom stereocenters. The topological polar surface area (TPSA) is 44.5 Å². The SMILES string of the molecule is CCCCCCCCc1cc(OC)c(CC(C)N)cc1OC. The van der Waals surface area contributed by atoms with Gasteiger partial charge in [0, 0.05) is 6.04 Å². The quantitative estimate of drug-likeness (QED) is 0.612. The molecular formula is C19H33NO2. The maximum absolute atomic E-state index is 5.92. The van der Waals surface area contributed by atoms with Crippen LogP contribution in [-0.4, -0.2) is 20.3 Å². The average Bonchev–Trinajstić information content (AvgIpc) is 2.50. The second-order valence-corrected chi connectivity index (χ2v) is 6.18. The molecule has 0 aliphatic carbocycles. The Bertz CT molecular complexity index is 430. The third-order valence-electron chi connectivity index (χ3n) is 4.03. The summed E-state index contributed by atoms with van der Waals surface area (Å²) in [4.78, 5) is 0. The van der Waals surface area contributed by atoms with Crippen LogP contribution in [-0.2, 0) is 12.8 Å². The van der Waals surface area contributed by atoms with Crippen LogP contribution in [0.4, 0.5) is 0 Å². The monoisotopic (exact) mass is 307 g/mol. The van der Waals surface area contributed by atoms with Gasteiger partial charge in [0.05, 0.1) is 14.2 Å². The summed E-state index contributed by atoms with van der Waals surface area (Å²) in [7, 11) is 3.46. The second-order valence-electron chi connectivity index (χ2n) is 6.18. The first-order valence-electron chi connectivity index (χ1n) is 8.61. The van der Waals surface area contributed by atoms with Crippen LogP contribution in [0, 0.1) is 0 Å². The standard InChI is InChI=1S/C19H33NO2/c1-5-6-7-8-9-10-11-16-13-19(22-4)17(12-15(2)20)14-18(16)21-3/h13-15H,5-12,20H2,1-4H3. The van der Waals surface area contributed by atoms with Gasteiger partial charge in [0.2, 0.25) is 0 Å². The van der Waals surface area contributed by atoms with Crippen molar-refractivity contribution >= 4 is 0 Å². The van der Waals surface area contributed by atoms with E-state index in [1.165, 1.54) is 44.1 Å². The van der Waals surface area contributed by atoms with Crippen molar-refractivity contribution in [2.24, 2.45) is 5.73 Å². The van der Waals surface area contributed by atoms with Crippen molar-refractivity contribution in [3.05, 3.63) is 23.3 Å². The zero-order valence-electron chi connectivity index (χ0n) is 14.8. The van der Waals surface area contributed by atoms with Gasteiger partial charge in [-0.05, 0) is 49.4 Å². The molecule has 2 N–H and O–H groups in total. The Morgan fingerprint density at radius 2 is 1.45 bits per heavy atom. The van der Waals surface area contributed by atoms with Crippen molar-refractivity contribution in [2.75, 3.05) is 14.2 Å². The molecule has 0 aliphatic heterocycles. The van der Waals surface area contributed by atoms with Crippen molar-refractivity contribution in [2.45, 2.75) is 71.3 Å². The molecule has 0 aliphatic rings. The fraction of sp³-hybridized carbons (Fsp3) is 0.684. The van der Waals surface area contributed by atoms with Crippen molar-refractivity contribution < 1.29 is 9.47 Å². The number of nitrogens with two attached hydrogens (primary N) is 1. The molecule has 0 saturated carbocycles. The molecule has 0 bridgehead atoms. The number of hydrogen-bond acceptors (Lipinski definition) is 3. The molecule has 126 valence electrons. The summed E-state index contributed by atoms with van der Waals surface area (Å²) >= 11 is 0. The van der Waals surface area contributed by atoms with E-state index in [-0.39, 0.29) is 6.04 Å². The van der Waals surface area contributed by atoms with Gasteiger partial charge in [-0.3, -0.25) is 0 Å². The van der Waals surface area contributed by atoms with E-state index in [9.17, 15) is 0 Å². The van der Waals surface area contributed by atoms with Crippen LogP contribution in [0.3, 0.4) is 0 Å². The van der Waals surface area contributed by atoms with Crippen LogP contribution in [0.25, 0.3) is 0 Å². The van der Waals surface area contributed by atoms with E-state index in [0.29, 0.717) is 0 Å². The van der Waals surface area contributed by atoms with Crippen LogP contribution in [0.2, 0.25) is 0 Å². The third kappa shape index (κ3) is 6.27. The molecule has 0 spiro atoms. The lowest BCUT2D eigenvalue weighted by atomic mass is 9.99. The average molecular weight is 307 g/mol. The van der Waals surface area contributed by atoms with Crippen LogP contribution in [0.15, 0.2) is 12.1 Å². The van der Waals surface area contributed by atoms with E-state index in [2.05, 4.69) is 19.1 Å². The van der Waals surface area contributed by atoms with Gasteiger partial charge in [-0.25, -0.2) is 0 Å². The number of unbranched alkanes of at least 4 members (excludes halogenated alkanes) is 5. The Kier molecular flexibility index (Phi) is 8.98. The molecule has 0 fully saturated rings. The molecule has 0 amide bonds. The summed E-state index contributed by atoms with van der Waals surface area (Å²) in [5.41, 5.74) is 8.28. The van der Waals surface area contributed by atoms with Gasteiger partial charge in [0.25, 0.3) is 0 Å². The number of ether oxygens (including phenoxy) is 2. The zero-order valence-corrected chi connectivity index (χ0v) is 14.8. The number of methoxy groups -OCH3 is 2. The van der Waals surface area contributed by atoms with E-state index in [1.54, 1.807) is 14.2 Å². The maximum Gasteiger partial charge on any atom is 0.122 e. The third-order valence-corrected chi connectivity index (χ3v) is 4.03. The summed E-state index contributed by atoms with van der Waals surface area (Å²) in [6, 6.07) is 4.33. The molecule has 0 radical (unpaired) electrons. The minimum atomic E-state index is 0.114. The van der Waals surface area contributed by atoms with Gasteiger partial charge in [-0.2, -0.15) is 0 Å². The fourth-order valence-electron chi connectivity index (χ4n) is 2.82. The molecular weight excluding hydrogens is 274 g/mol. The predicted octanol–water partition coefficient (Wildman–Crippen LogP) is 4.50. The highest BCUT2D eigenvalue weighted by molar-refractivity contribution is 5.47. The zero-order chi connectivity index (χ0) is 16.4. The summed E-state index contributed by atoms with van der Waals surface area (Å²) in [6.45, 7) is 4.26. The highest BCUT2D eigenvalue weighted by Gasteiger charge is 2.12. The lowest BCUT2D eigenvalue weighted by molar-refractivity contribution is 0.393. The van der Waals surface area contributed by atoms with Crippen molar-refractivity contribution in [1.82, 2.24) is 0 Å². The normalized spacial score (nSPS) is 12.2. The summed E-state index contributed by atoms with van der Waals surface area (Å²) in [5, 5.41) is 0. The van der Waals surface area contributed by atoms with E-state index in [0.717, 1.165) is 29.9 Å². The van der Waals surface area contributed by atoms with Gasteiger partial charge in [0.1, 0.15) is 11.5 Å². The van der Waals surface area contributed by atoms with Crippen molar-refractivity contribution in [3.63, 3.8) is 0 Å². The number of aryl methyl sites for hydroxylation is 1. The molecule has 22 heavy (non-hydrogen) atoms. The van der Waals surface area contributed by atoms with Gasteiger partial charge < -0.3 is 15.2 Å². The fourth-order valence-corrected chi connectivity index (χ4v) is 2.82. The van der Waals surface area contributed by atoms with Crippen molar-refractivity contribution in [3.8, 4) is 11.5 Å². The molecule has 1 atom stereocenters. The second kappa shape index (κ2) is 10.5. The lowest BCUT2D eigenvalue weighted by Gasteiger charge is -2.16. The Morgan fingerprint density at radius 3 is 2.05 bits per heavy atom. The largest absolute Gasteiger partial charge is 0.496 e. The molecule has 1 aromatic carbocycles. The highest BCUT2D eigenvalue weighted by atomic mass is 16.5. The van der Waals surface area contributed by atoms with E-state index in [1.807, 2.05) is 6.92 Å². The highest BCUT2D eigenvalue weighted by Crippen LogP contribution is 2.31. The summed E-state index contributed by atoms with van der Waals surface area (Å²) in [5.74, 6) is 1.89. The number of rotatable bonds is 11. The maximum atomic E-state index is 5.92. The molecule has 3 heteroatoms. The van der Waals surface area contributed by atoms with E-state index in [4.69, 9.17) is 15.2 Å². The number of benzene rings is 1. The van der Waals surface area contributed by atoms with Crippen LogP contribution >= 0.6 is 0 Å². The van der Waals surface area contributed by atoms with Crippen LogP contribution < -0.4 is 15.2 Å². The molecule has 3 nitrogen and oxygen atoms in total. The Labute approximate surface area is 136 Å². The molecule has 0 saturated heterocycles. The van der Waals surface area contributed by atoms with Gasteiger partial charge in [-0.1, -0.05) is 39.0 Å². The lowest BCUT2D eigenvalue weighted by Crippen LogP contribution is -2.18. The van der Waals surface area contributed by atoms with Gasteiger partial charge in [-0.15, -0.1) is 0 Å². The molecule has 0 aromatic heterocycles. The summed E-state index contributed by atoms with van der Waals surface area (Å²) in [6.07, 6.45) is 9.67. The summed E-state index contributed by atoms with van der Waals surface area (Å²) < 4.78 is 11.1. The van der Waals surface area contributed by atoms with Crippen LogP contribution in [0.5, 0.6) is 11.5 Å². The Balaban J connectivity index is 2.68. The Hall–Kier alpha value is -1.22. The minimum absolute atomic E-state index is 0.114. The first-order valence-corrected chi connectivity index (χ1v) is 8.61.